The van der Waals surface area contributed by atoms with E-state index in [0.717, 1.165) is 45.6 Å². The highest BCUT2D eigenvalue weighted by atomic mass is 79.9. The molecule has 1 aromatic carbocycles. The molecule has 0 atom stereocenters. The third kappa shape index (κ3) is 12.3. The highest BCUT2D eigenvalue weighted by molar-refractivity contribution is 9.10. The summed E-state index contributed by atoms with van der Waals surface area (Å²) in [5.41, 5.74) is 3.78. The summed E-state index contributed by atoms with van der Waals surface area (Å²) in [6.07, 6.45) is 6.68. The van der Waals surface area contributed by atoms with E-state index in [1.807, 2.05) is 55.5 Å². The number of nitrogens with one attached hydrogen (secondary N) is 1. The molecule has 0 unspecified atom stereocenters. The molecular formula is C29H32BrN3O3. The van der Waals surface area contributed by atoms with Crippen molar-refractivity contribution in [2.75, 3.05) is 13.2 Å². The normalized spacial score (nSPS) is 9.78. The number of benzene rings is 1. The molecule has 2 aromatic heterocycles. The number of pyridine rings is 2. The Morgan fingerprint density at radius 2 is 1.53 bits per heavy atom. The molecular weight excluding hydrogens is 518 g/mol. The minimum atomic E-state index is -0.0251. The summed E-state index contributed by atoms with van der Waals surface area (Å²) in [5, 5.41) is 2.75. The third-order valence-electron chi connectivity index (χ3n) is 4.85. The molecule has 0 radical (unpaired) electrons. The molecule has 1 N–H and O–H groups in total. The summed E-state index contributed by atoms with van der Waals surface area (Å²) in [5.74, 6) is 7.27. The van der Waals surface area contributed by atoms with Gasteiger partial charge in [0.15, 0.2) is 0 Å². The maximum Gasteiger partial charge on any atom is 0.216 e. The summed E-state index contributed by atoms with van der Waals surface area (Å²) in [4.78, 5) is 30.0. The molecule has 2 heterocycles. The molecule has 1 amide bonds. The maximum atomic E-state index is 10.8. The van der Waals surface area contributed by atoms with Crippen LogP contribution in [-0.4, -0.2) is 34.8 Å². The zero-order valence-corrected chi connectivity index (χ0v) is 22.6. The number of nitrogens with zero attached hydrogens (tertiary/aromatic N) is 2. The van der Waals surface area contributed by atoms with Gasteiger partial charge < -0.3 is 14.8 Å². The Morgan fingerprint density at radius 1 is 0.889 bits per heavy atom. The zero-order chi connectivity index (χ0) is 26.2. The molecule has 7 heteroatoms. The Morgan fingerprint density at radius 3 is 2.11 bits per heavy atom. The summed E-state index contributed by atoms with van der Waals surface area (Å²) in [7, 11) is 0. The van der Waals surface area contributed by atoms with Crippen LogP contribution in [0.5, 0.6) is 5.75 Å². The number of aromatic nitrogens is 2. The van der Waals surface area contributed by atoms with Gasteiger partial charge in [-0.15, -0.1) is 0 Å². The Hall–Kier alpha value is -3.50. The van der Waals surface area contributed by atoms with Crippen LogP contribution in [-0.2, 0) is 22.4 Å². The number of hydrogen-bond acceptors (Lipinski definition) is 5. The van der Waals surface area contributed by atoms with Crippen LogP contribution in [0.1, 0.15) is 56.1 Å². The molecule has 3 rings (SSSR count). The van der Waals surface area contributed by atoms with Crippen molar-refractivity contribution in [3.05, 3.63) is 87.9 Å². The number of rotatable bonds is 9. The largest absolute Gasteiger partial charge is 0.494 e. The van der Waals surface area contributed by atoms with Gasteiger partial charge in [0.2, 0.25) is 5.91 Å². The first kappa shape index (κ1) is 28.7. The molecule has 0 saturated carbocycles. The van der Waals surface area contributed by atoms with Crippen molar-refractivity contribution in [2.45, 2.75) is 46.5 Å². The van der Waals surface area contributed by atoms with E-state index in [-0.39, 0.29) is 11.7 Å². The lowest BCUT2D eigenvalue weighted by molar-refractivity contribution is -0.119. The quantitative estimate of drug-likeness (QED) is 0.365. The summed E-state index contributed by atoms with van der Waals surface area (Å²) < 4.78 is 6.39. The molecule has 0 bridgehead atoms. The first-order valence-corrected chi connectivity index (χ1v) is 12.7. The van der Waals surface area contributed by atoms with Crippen LogP contribution in [0.2, 0.25) is 0 Å². The fourth-order valence-corrected chi connectivity index (χ4v) is 3.27. The molecule has 0 aliphatic heterocycles. The standard InChI is InChI=1S/C19H20N2O2.C10H12BrNO/c1-3-23-19-10-7-16(8-11-19)4-5-17-6-9-18(21-14-17)12-13-20-15(2)22;1-8(13)3-2-4-10-6-5-9(11)7-12-10/h6-11,14H,3,12-13H2,1-2H3,(H,20,22);5-7H,2-4H2,1H3. The van der Waals surface area contributed by atoms with Crippen LogP contribution in [0.25, 0.3) is 0 Å². The fraction of sp³-hybridized carbons (Fsp3) is 0.310. The molecule has 0 aliphatic rings. The van der Waals surface area contributed by atoms with Gasteiger partial charge in [0, 0.05) is 65.7 Å². The second kappa shape index (κ2) is 16.2. The van der Waals surface area contributed by atoms with Gasteiger partial charge in [-0.1, -0.05) is 11.8 Å². The minimum Gasteiger partial charge on any atom is -0.494 e. The van der Waals surface area contributed by atoms with Crippen molar-refractivity contribution in [3.63, 3.8) is 0 Å². The second-order valence-electron chi connectivity index (χ2n) is 8.00. The smallest absolute Gasteiger partial charge is 0.216 e. The first-order valence-electron chi connectivity index (χ1n) is 11.9. The average molecular weight is 550 g/mol. The Bertz CT molecular complexity index is 1150. The predicted octanol–water partition coefficient (Wildman–Crippen LogP) is 5.31. The number of Topliss-reactive ketones (excluding diaryl/α,β-unsaturated/α-hetero) is 1. The zero-order valence-electron chi connectivity index (χ0n) is 21.0. The van der Waals surface area contributed by atoms with Gasteiger partial charge >= 0.3 is 0 Å². The molecule has 0 saturated heterocycles. The Kier molecular flexibility index (Phi) is 12.9. The van der Waals surface area contributed by atoms with Gasteiger partial charge in [0.05, 0.1) is 6.61 Å². The monoisotopic (exact) mass is 549 g/mol. The van der Waals surface area contributed by atoms with Crippen molar-refractivity contribution in [1.82, 2.24) is 15.3 Å². The number of ether oxygens (including phenoxy) is 1. The van der Waals surface area contributed by atoms with Gasteiger partial charge in [0.1, 0.15) is 11.5 Å². The number of aryl methyl sites for hydroxylation is 1. The van der Waals surface area contributed by atoms with Gasteiger partial charge in [-0.25, -0.2) is 0 Å². The number of ketones is 1. The minimum absolute atomic E-state index is 0.0251. The Balaban J connectivity index is 0.000000297. The van der Waals surface area contributed by atoms with Crippen molar-refractivity contribution >= 4 is 27.6 Å². The van der Waals surface area contributed by atoms with E-state index in [2.05, 4.69) is 43.1 Å². The maximum absolute atomic E-state index is 10.8. The first-order chi connectivity index (χ1) is 17.4. The summed E-state index contributed by atoms with van der Waals surface area (Å²) in [6.45, 7) is 6.34. The number of halogens is 1. The van der Waals surface area contributed by atoms with Gasteiger partial charge in [-0.3, -0.25) is 14.8 Å². The van der Waals surface area contributed by atoms with Crippen LogP contribution in [0.3, 0.4) is 0 Å². The van der Waals surface area contributed by atoms with Crippen LogP contribution < -0.4 is 10.1 Å². The Labute approximate surface area is 222 Å². The lowest BCUT2D eigenvalue weighted by Crippen LogP contribution is -2.22. The van der Waals surface area contributed by atoms with E-state index in [4.69, 9.17) is 4.74 Å². The third-order valence-corrected chi connectivity index (χ3v) is 5.32. The van der Waals surface area contributed by atoms with Gasteiger partial charge in [-0.2, -0.15) is 0 Å². The lowest BCUT2D eigenvalue weighted by atomic mass is 10.1. The van der Waals surface area contributed by atoms with Crippen LogP contribution in [0.4, 0.5) is 0 Å². The molecule has 188 valence electrons. The van der Waals surface area contributed by atoms with Gasteiger partial charge in [0.25, 0.3) is 0 Å². The molecule has 0 aliphatic carbocycles. The van der Waals surface area contributed by atoms with Crippen molar-refractivity contribution < 1.29 is 14.3 Å². The fourth-order valence-electron chi connectivity index (χ4n) is 3.03. The highest BCUT2D eigenvalue weighted by Gasteiger charge is 1.98. The van der Waals surface area contributed by atoms with E-state index in [1.54, 1.807) is 19.3 Å². The predicted molar refractivity (Wildman–Crippen MR) is 146 cm³/mol. The van der Waals surface area contributed by atoms with Crippen LogP contribution in [0.15, 0.2) is 65.4 Å². The van der Waals surface area contributed by atoms with E-state index in [1.165, 1.54) is 6.92 Å². The summed E-state index contributed by atoms with van der Waals surface area (Å²) >= 11 is 3.32. The molecule has 3 aromatic rings. The van der Waals surface area contributed by atoms with Crippen LogP contribution in [0, 0.1) is 11.8 Å². The van der Waals surface area contributed by atoms with Crippen LogP contribution >= 0.6 is 15.9 Å². The second-order valence-corrected chi connectivity index (χ2v) is 8.92. The van der Waals surface area contributed by atoms with E-state index < -0.39 is 0 Å². The van der Waals surface area contributed by atoms with Crippen molar-refractivity contribution in [2.24, 2.45) is 0 Å². The molecule has 0 spiro atoms. The highest BCUT2D eigenvalue weighted by Crippen LogP contribution is 2.11. The van der Waals surface area contributed by atoms with Crippen molar-refractivity contribution in [3.8, 4) is 17.6 Å². The van der Waals surface area contributed by atoms with E-state index in [0.29, 0.717) is 26.0 Å². The van der Waals surface area contributed by atoms with Gasteiger partial charge in [-0.05, 0) is 91.1 Å². The lowest BCUT2D eigenvalue weighted by Gasteiger charge is -2.02. The number of amides is 1. The molecule has 0 fully saturated rings. The summed E-state index contributed by atoms with van der Waals surface area (Å²) in [6, 6.07) is 15.5. The molecule has 36 heavy (non-hydrogen) atoms. The number of carbonyl (C=O) groups is 2. The number of hydrogen-bond donors (Lipinski definition) is 1. The van der Waals surface area contributed by atoms with Crippen molar-refractivity contribution in [1.29, 1.82) is 0 Å². The average Bonchev–Trinajstić information content (AvgIpc) is 2.86. The number of carbonyl (C=O) groups excluding carboxylic acids is 2. The topological polar surface area (TPSA) is 81.2 Å². The van der Waals surface area contributed by atoms with E-state index in [9.17, 15) is 9.59 Å². The molecule has 6 nitrogen and oxygen atoms in total. The SMILES string of the molecule is CC(=O)CCCc1ccc(Br)cn1.CCOc1ccc(C#Cc2ccc(CCNC(C)=O)nc2)cc1. The van der Waals surface area contributed by atoms with E-state index >= 15 is 0 Å².